The number of anilines is 2. The normalized spacial score (nSPS) is 12.7. The van der Waals surface area contributed by atoms with Crippen molar-refractivity contribution < 1.29 is 9.59 Å². The number of aryl methyl sites for hydroxylation is 2. The van der Waals surface area contributed by atoms with Gasteiger partial charge >= 0.3 is 0 Å². The number of unbranched alkanes of at least 4 members (excludes halogenated alkanes) is 1. The molecule has 1 aliphatic carbocycles. The van der Waals surface area contributed by atoms with E-state index in [2.05, 4.69) is 41.0 Å². The predicted octanol–water partition coefficient (Wildman–Crippen LogP) is 3.92. The Bertz CT molecular complexity index is 1370. The van der Waals surface area contributed by atoms with Crippen LogP contribution < -0.4 is 10.6 Å². The molecule has 1 saturated carbocycles. The Morgan fingerprint density at radius 2 is 1.61 bits per heavy atom. The summed E-state index contributed by atoms with van der Waals surface area (Å²) < 4.78 is 0. The first-order valence-corrected chi connectivity index (χ1v) is 13.5. The molecular weight excluding hydrogens is 500 g/mol. The van der Waals surface area contributed by atoms with E-state index in [1.54, 1.807) is 18.5 Å². The van der Waals surface area contributed by atoms with E-state index in [0.717, 1.165) is 42.1 Å². The molecule has 2 N–H and O–H groups in total. The Balaban J connectivity index is 1.00. The van der Waals surface area contributed by atoms with Gasteiger partial charge in [-0.05, 0) is 80.0 Å². The zero-order chi connectivity index (χ0) is 26.2. The minimum Gasteiger partial charge on any atom is -0.309 e. The van der Waals surface area contributed by atoms with Gasteiger partial charge in [0.15, 0.2) is 5.82 Å². The summed E-state index contributed by atoms with van der Waals surface area (Å²) in [6.45, 7) is 0. The molecule has 4 aromatic heterocycles. The van der Waals surface area contributed by atoms with E-state index in [-0.39, 0.29) is 24.7 Å². The van der Waals surface area contributed by atoms with Gasteiger partial charge in [0.05, 0.1) is 18.5 Å². The highest BCUT2D eigenvalue weighted by Gasteiger charge is 2.23. The molecule has 0 unspecified atom stereocenters. The summed E-state index contributed by atoms with van der Waals surface area (Å²) in [6, 6.07) is 13.2. The standard InChI is InChI=1S/C27H28N8O2S/c36-24(17-22-15-19(12-14-29-22)18-8-9-18)30-23-11-10-20(32-33-23)5-1-2-7-26-34-35-27(38-26)31-25(37)16-21-6-3-4-13-28-21/h3-4,6,10-15,18H,1-2,5,7-9,16-17H2,(H,30,33,36)(H,31,35,37). The molecule has 0 spiro atoms. The molecule has 10 nitrogen and oxygen atoms in total. The van der Waals surface area contributed by atoms with Crippen LogP contribution in [0.25, 0.3) is 0 Å². The fourth-order valence-corrected chi connectivity index (χ4v) is 4.79. The SMILES string of the molecule is O=C(Cc1cc(C2CC2)ccn1)Nc1ccc(CCCCc2nnc(NC(=O)Cc3ccccn3)s2)nn1. The summed E-state index contributed by atoms with van der Waals surface area (Å²) >= 11 is 1.38. The number of amides is 2. The van der Waals surface area contributed by atoms with Crippen molar-refractivity contribution in [2.75, 3.05) is 10.6 Å². The Labute approximate surface area is 224 Å². The third-order valence-electron chi connectivity index (χ3n) is 6.07. The van der Waals surface area contributed by atoms with Crippen molar-refractivity contribution in [2.24, 2.45) is 0 Å². The van der Waals surface area contributed by atoms with E-state index in [1.165, 1.54) is 29.7 Å². The number of aromatic nitrogens is 6. The number of hydrogen-bond donors (Lipinski definition) is 2. The molecule has 1 fully saturated rings. The van der Waals surface area contributed by atoms with Gasteiger partial charge in [-0.15, -0.1) is 15.3 Å². The largest absolute Gasteiger partial charge is 0.309 e. The van der Waals surface area contributed by atoms with E-state index in [1.807, 2.05) is 36.4 Å². The van der Waals surface area contributed by atoms with Crippen LogP contribution in [0.2, 0.25) is 0 Å². The van der Waals surface area contributed by atoms with Gasteiger partial charge in [-0.25, -0.2) is 0 Å². The van der Waals surface area contributed by atoms with Gasteiger partial charge in [-0.3, -0.25) is 19.6 Å². The van der Waals surface area contributed by atoms with Crippen molar-refractivity contribution in [1.29, 1.82) is 0 Å². The van der Waals surface area contributed by atoms with Gasteiger partial charge in [0, 0.05) is 30.2 Å². The van der Waals surface area contributed by atoms with Gasteiger partial charge in [0.2, 0.25) is 16.9 Å². The van der Waals surface area contributed by atoms with Crippen molar-refractivity contribution in [3.05, 3.63) is 82.5 Å². The van der Waals surface area contributed by atoms with Gasteiger partial charge < -0.3 is 10.6 Å². The van der Waals surface area contributed by atoms with Crippen LogP contribution in [0.1, 0.15) is 59.3 Å². The Morgan fingerprint density at radius 1 is 0.789 bits per heavy atom. The van der Waals surface area contributed by atoms with Gasteiger partial charge in [0.25, 0.3) is 0 Å². The molecule has 0 atom stereocenters. The van der Waals surface area contributed by atoms with E-state index < -0.39 is 0 Å². The lowest BCUT2D eigenvalue weighted by Crippen LogP contribution is -2.16. The summed E-state index contributed by atoms with van der Waals surface area (Å²) in [6.07, 6.45) is 9.64. The highest BCUT2D eigenvalue weighted by molar-refractivity contribution is 7.15. The first kappa shape index (κ1) is 25.5. The van der Waals surface area contributed by atoms with Crippen LogP contribution in [0.4, 0.5) is 10.9 Å². The number of hydrogen-bond acceptors (Lipinski definition) is 9. The average Bonchev–Trinajstić information content (AvgIpc) is 3.68. The number of rotatable bonds is 12. The molecule has 0 radical (unpaired) electrons. The smallest absolute Gasteiger partial charge is 0.232 e. The minimum absolute atomic E-state index is 0.156. The highest BCUT2D eigenvalue weighted by atomic mass is 32.1. The third-order valence-corrected chi connectivity index (χ3v) is 6.97. The topological polar surface area (TPSA) is 136 Å². The third kappa shape index (κ3) is 7.69. The lowest BCUT2D eigenvalue weighted by molar-refractivity contribution is -0.116. The predicted molar refractivity (Wildman–Crippen MR) is 144 cm³/mol. The summed E-state index contributed by atoms with van der Waals surface area (Å²) in [5.74, 6) is 0.745. The van der Waals surface area contributed by atoms with Crippen LogP contribution in [0.5, 0.6) is 0 Å². The Kier molecular flexibility index (Phi) is 8.34. The van der Waals surface area contributed by atoms with Crippen LogP contribution in [0, 0.1) is 0 Å². The van der Waals surface area contributed by atoms with Crippen LogP contribution in [0.3, 0.4) is 0 Å². The lowest BCUT2D eigenvalue weighted by atomic mass is 10.1. The van der Waals surface area contributed by atoms with Crippen molar-refractivity contribution >= 4 is 34.1 Å². The summed E-state index contributed by atoms with van der Waals surface area (Å²) in [5.41, 5.74) is 3.61. The first-order chi connectivity index (χ1) is 18.6. The number of carbonyl (C=O) groups excluding carboxylic acids is 2. The van der Waals surface area contributed by atoms with Crippen LogP contribution in [-0.2, 0) is 35.3 Å². The Morgan fingerprint density at radius 3 is 2.39 bits per heavy atom. The van der Waals surface area contributed by atoms with Crippen molar-refractivity contribution in [3.8, 4) is 0 Å². The highest BCUT2D eigenvalue weighted by Crippen LogP contribution is 2.39. The molecule has 4 aromatic rings. The molecular formula is C27H28N8O2S. The Hall–Kier alpha value is -4.12. The van der Waals surface area contributed by atoms with Crippen LogP contribution in [-0.4, -0.2) is 42.2 Å². The average molecular weight is 529 g/mol. The maximum atomic E-state index is 12.4. The van der Waals surface area contributed by atoms with E-state index in [4.69, 9.17) is 0 Å². The first-order valence-electron chi connectivity index (χ1n) is 12.7. The molecule has 0 bridgehead atoms. The molecule has 1 aliphatic rings. The molecule has 194 valence electrons. The van der Waals surface area contributed by atoms with Crippen LogP contribution in [0.15, 0.2) is 54.9 Å². The van der Waals surface area contributed by atoms with Crippen molar-refractivity contribution in [3.63, 3.8) is 0 Å². The summed E-state index contributed by atoms with van der Waals surface area (Å²) in [7, 11) is 0. The second-order valence-electron chi connectivity index (χ2n) is 9.24. The fraction of sp³-hybridized carbons (Fsp3) is 0.333. The van der Waals surface area contributed by atoms with Crippen molar-refractivity contribution in [1.82, 2.24) is 30.4 Å². The minimum atomic E-state index is -0.163. The summed E-state index contributed by atoms with van der Waals surface area (Å²) in [4.78, 5) is 33.0. The van der Waals surface area contributed by atoms with E-state index in [9.17, 15) is 9.59 Å². The molecule has 0 aliphatic heterocycles. The zero-order valence-electron chi connectivity index (χ0n) is 20.8. The van der Waals surface area contributed by atoms with Gasteiger partial charge in [-0.2, -0.15) is 5.10 Å². The summed E-state index contributed by atoms with van der Waals surface area (Å²) in [5, 5.41) is 23.6. The number of carbonyl (C=O) groups is 2. The quantitative estimate of drug-likeness (QED) is 0.264. The number of pyridine rings is 2. The molecule has 11 heteroatoms. The molecule has 0 saturated heterocycles. The van der Waals surface area contributed by atoms with Gasteiger partial charge in [-0.1, -0.05) is 17.4 Å². The monoisotopic (exact) mass is 528 g/mol. The zero-order valence-corrected chi connectivity index (χ0v) is 21.7. The van der Waals surface area contributed by atoms with E-state index >= 15 is 0 Å². The number of nitrogens with one attached hydrogen (secondary N) is 2. The van der Waals surface area contributed by atoms with Gasteiger partial charge in [0.1, 0.15) is 5.01 Å². The van der Waals surface area contributed by atoms with Crippen LogP contribution >= 0.6 is 11.3 Å². The second-order valence-corrected chi connectivity index (χ2v) is 10.3. The maximum Gasteiger partial charge on any atom is 0.232 e. The lowest BCUT2D eigenvalue weighted by Gasteiger charge is -2.06. The molecule has 38 heavy (non-hydrogen) atoms. The molecule has 5 rings (SSSR count). The second kappa shape index (κ2) is 12.4. The molecule has 4 heterocycles. The van der Waals surface area contributed by atoms with E-state index in [0.29, 0.717) is 22.6 Å². The molecule has 2 amide bonds. The maximum absolute atomic E-state index is 12.4. The molecule has 0 aromatic carbocycles. The fourth-order valence-electron chi connectivity index (χ4n) is 3.99. The van der Waals surface area contributed by atoms with Crippen molar-refractivity contribution in [2.45, 2.75) is 57.3 Å². The number of nitrogens with zero attached hydrogens (tertiary/aromatic N) is 6.